The lowest BCUT2D eigenvalue weighted by Crippen LogP contribution is -2.50. The van der Waals surface area contributed by atoms with Crippen molar-refractivity contribution in [3.8, 4) is 0 Å². The first kappa shape index (κ1) is 13.7. The van der Waals surface area contributed by atoms with E-state index in [-0.39, 0.29) is 12.1 Å². The minimum atomic E-state index is -0.472. The Hall–Kier alpha value is -1.69. The summed E-state index contributed by atoms with van der Waals surface area (Å²) in [4.78, 5) is 22.2. The average molecular weight is 264 g/mol. The van der Waals surface area contributed by atoms with E-state index in [0.29, 0.717) is 25.5 Å². The van der Waals surface area contributed by atoms with Crippen molar-refractivity contribution in [3.63, 3.8) is 0 Å². The Morgan fingerprint density at radius 1 is 1.42 bits per heavy atom. The molecule has 1 unspecified atom stereocenters. The van der Waals surface area contributed by atoms with Crippen molar-refractivity contribution < 1.29 is 9.53 Å². The van der Waals surface area contributed by atoms with Gasteiger partial charge in [-0.25, -0.2) is 14.8 Å². The highest BCUT2D eigenvalue weighted by molar-refractivity contribution is 5.68. The van der Waals surface area contributed by atoms with Gasteiger partial charge in [-0.15, -0.1) is 0 Å². The van der Waals surface area contributed by atoms with Crippen molar-refractivity contribution >= 4 is 6.09 Å². The van der Waals surface area contributed by atoms with Crippen LogP contribution in [-0.2, 0) is 4.74 Å². The van der Waals surface area contributed by atoms with Gasteiger partial charge < -0.3 is 15.0 Å². The molecule has 1 aliphatic rings. The maximum Gasteiger partial charge on any atom is 0.410 e. The molecule has 2 rings (SSSR count). The maximum atomic E-state index is 12.0. The summed E-state index contributed by atoms with van der Waals surface area (Å²) in [6, 6.07) is 1.74. The highest BCUT2D eigenvalue weighted by Gasteiger charge is 2.28. The monoisotopic (exact) mass is 264 g/mol. The van der Waals surface area contributed by atoms with E-state index in [2.05, 4.69) is 15.3 Å². The molecule has 0 bridgehead atoms. The average Bonchev–Trinajstić information content (AvgIpc) is 2.38. The van der Waals surface area contributed by atoms with Gasteiger partial charge >= 0.3 is 6.09 Å². The summed E-state index contributed by atoms with van der Waals surface area (Å²) in [5.74, 6) is 0.704. The van der Waals surface area contributed by atoms with Crippen LogP contribution in [-0.4, -0.2) is 46.2 Å². The summed E-state index contributed by atoms with van der Waals surface area (Å²) in [5.41, 5.74) is -0.472. The number of rotatable bonds is 1. The van der Waals surface area contributed by atoms with Crippen LogP contribution in [0.3, 0.4) is 0 Å². The van der Waals surface area contributed by atoms with E-state index in [9.17, 15) is 4.79 Å². The first-order chi connectivity index (χ1) is 8.96. The van der Waals surface area contributed by atoms with E-state index in [1.807, 2.05) is 20.8 Å². The van der Waals surface area contributed by atoms with Crippen LogP contribution in [0, 0.1) is 0 Å². The predicted molar refractivity (Wildman–Crippen MR) is 70.6 cm³/mol. The van der Waals surface area contributed by atoms with Crippen LogP contribution >= 0.6 is 0 Å². The van der Waals surface area contributed by atoms with Crippen molar-refractivity contribution in [2.24, 2.45) is 0 Å². The third kappa shape index (κ3) is 3.89. The Morgan fingerprint density at radius 3 is 2.74 bits per heavy atom. The summed E-state index contributed by atoms with van der Waals surface area (Å²) >= 11 is 0. The molecular formula is C13H20N4O2. The molecule has 1 aliphatic heterocycles. The normalized spacial score (nSPS) is 20.2. The number of piperazine rings is 1. The molecule has 6 nitrogen and oxygen atoms in total. The van der Waals surface area contributed by atoms with Crippen molar-refractivity contribution in [2.75, 3.05) is 19.6 Å². The van der Waals surface area contributed by atoms with Crippen LogP contribution in [0.2, 0.25) is 0 Å². The number of nitrogens with one attached hydrogen (secondary N) is 1. The van der Waals surface area contributed by atoms with Crippen molar-refractivity contribution in [1.82, 2.24) is 20.2 Å². The number of nitrogens with zero attached hydrogens (tertiary/aromatic N) is 3. The van der Waals surface area contributed by atoms with Crippen molar-refractivity contribution in [1.29, 1.82) is 0 Å². The summed E-state index contributed by atoms with van der Waals surface area (Å²) < 4.78 is 5.38. The molecule has 2 heterocycles. The largest absolute Gasteiger partial charge is 0.444 e. The molecule has 6 heteroatoms. The smallest absolute Gasteiger partial charge is 0.410 e. The fourth-order valence-electron chi connectivity index (χ4n) is 1.91. The zero-order valence-electron chi connectivity index (χ0n) is 11.6. The number of ether oxygens (including phenoxy) is 1. The third-order valence-electron chi connectivity index (χ3n) is 2.72. The lowest BCUT2D eigenvalue weighted by molar-refractivity contribution is 0.0192. The molecule has 0 radical (unpaired) electrons. The standard InChI is InChI=1S/C13H20N4O2/c1-13(2,3)19-12(18)17-8-7-14-10(9-17)11-15-5-4-6-16-11/h4-6,10,14H,7-9H2,1-3H3. The number of amides is 1. The summed E-state index contributed by atoms with van der Waals surface area (Å²) in [5, 5.41) is 3.31. The molecule has 0 aliphatic carbocycles. The number of hydrogen-bond acceptors (Lipinski definition) is 5. The molecule has 0 aromatic carbocycles. The van der Waals surface area contributed by atoms with Crippen LogP contribution in [0.15, 0.2) is 18.5 Å². The van der Waals surface area contributed by atoms with Crippen LogP contribution in [0.5, 0.6) is 0 Å². The van der Waals surface area contributed by atoms with E-state index >= 15 is 0 Å². The van der Waals surface area contributed by atoms with E-state index in [1.165, 1.54) is 0 Å². The highest BCUT2D eigenvalue weighted by atomic mass is 16.6. The topological polar surface area (TPSA) is 67.3 Å². The van der Waals surface area contributed by atoms with Crippen molar-refractivity contribution in [2.45, 2.75) is 32.4 Å². The van der Waals surface area contributed by atoms with Gasteiger partial charge in [0.1, 0.15) is 11.4 Å². The minimum absolute atomic E-state index is 0.0394. The van der Waals surface area contributed by atoms with Gasteiger partial charge in [-0.3, -0.25) is 0 Å². The fraction of sp³-hybridized carbons (Fsp3) is 0.615. The molecule has 0 saturated carbocycles. The number of carbonyl (C=O) groups is 1. The van der Waals surface area contributed by atoms with Gasteiger partial charge in [-0.2, -0.15) is 0 Å². The molecule has 104 valence electrons. The third-order valence-corrected chi connectivity index (χ3v) is 2.72. The molecule has 1 saturated heterocycles. The molecule has 1 amide bonds. The van der Waals surface area contributed by atoms with Gasteiger partial charge in [0, 0.05) is 32.0 Å². The zero-order chi connectivity index (χ0) is 13.9. The second kappa shape index (κ2) is 5.52. The van der Waals surface area contributed by atoms with E-state index in [1.54, 1.807) is 23.4 Å². The SMILES string of the molecule is CC(C)(C)OC(=O)N1CCNC(c2ncccn2)C1. The summed E-state index contributed by atoms with van der Waals surface area (Å²) in [6.45, 7) is 7.47. The van der Waals surface area contributed by atoms with Crippen LogP contribution in [0.25, 0.3) is 0 Å². The van der Waals surface area contributed by atoms with E-state index in [4.69, 9.17) is 4.74 Å². The second-order valence-corrected chi connectivity index (χ2v) is 5.54. The fourth-order valence-corrected chi connectivity index (χ4v) is 1.91. The molecular weight excluding hydrogens is 244 g/mol. The van der Waals surface area contributed by atoms with Gasteiger partial charge in [0.2, 0.25) is 0 Å². The Balaban J connectivity index is 2.00. The summed E-state index contributed by atoms with van der Waals surface area (Å²) in [6.07, 6.45) is 3.13. The van der Waals surface area contributed by atoms with Crippen molar-refractivity contribution in [3.05, 3.63) is 24.3 Å². The Bertz CT molecular complexity index is 430. The summed E-state index contributed by atoms with van der Waals surface area (Å²) in [7, 11) is 0. The second-order valence-electron chi connectivity index (χ2n) is 5.54. The molecule has 1 aromatic heterocycles. The minimum Gasteiger partial charge on any atom is -0.444 e. The maximum absolute atomic E-state index is 12.0. The van der Waals surface area contributed by atoms with Gasteiger partial charge in [-0.1, -0.05) is 0 Å². The lowest BCUT2D eigenvalue weighted by atomic mass is 10.2. The van der Waals surface area contributed by atoms with Crippen LogP contribution < -0.4 is 5.32 Å². The van der Waals surface area contributed by atoms with Gasteiger partial charge in [-0.05, 0) is 26.8 Å². The Labute approximate surface area is 113 Å². The Morgan fingerprint density at radius 2 is 2.11 bits per heavy atom. The van der Waals surface area contributed by atoms with Crippen LogP contribution in [0.1, 0.15) is 32.6 Å². The molecule has 1 N–H and O–H groups in total. The first-order valence-electron chi connectivity index (χ1n) is 6.44. The molecule has 19 heavy (non-hydrogen) atoms. The quantitative estimate of drug-likeness (QED) is 0.829. The molecule has 0 spiro atoms. The lowest BCUT2D eigenvalue weighted by Gasteiger charge is -2.34. The molecule has 1 aromatic rings. The molecule has 1 fully saturated rings. The Kier molecular flexibility index (Phi) is 3.99. The number of aromatic nitrogens is 2. The zero-order valence-corrected chi connectivity index (χ0v) is 11.6. The van der Waals surface area contributed by atoms with Crippen LogP contribution in [0.4, 0.5) is 4.79 Å². The van der Waals surface area contributed by atoms with E-state index in [0.717, 1.165) is 0 Å². The number of hydrogen-bond donors (Lipinski definition) is 1. The van der Waals surface area contributed by atoms with Gasteiger partial charge in [0.15, 0.2) is 0 Å². The number of carbonyl (C=O) groups excluding carboxylic acids is 1. The van der Waals surface area contributed by atoms with Gasteiger partial charge in [0.25, 0.3) is 0 Å². The van der Waals surface area contributed by atoms with E-state index < -0.39 is 5.60 Å². The first-order valence-corrected chi connectivity index (χ1v) is 6.44. The highest BCUT2D eigenvalue weighted by Crippen LogP contribution is 2.16. The predicted octanol–water partition coefficient (Wildman–Crippen LogP) is 1.36. The van der Waals surface area contributed by atoms with Gasteiger partial charge in [0.05, 0.1) is 6.04 Å². The molecule has 1 atom stereocenters.